The molecule has 34 heavy (non-hydrogen) atoms. The van der Waals surface area contributed by atoms with Crippen LogP contribution in [-0.2, 0) is 17.8 Å². The third-order valence-electron chi connectivity index (χ3n) is 5.16. The van der Waals surface area contributed by atoms with Gasteiger partial charge >= 0.3 is 5.69 Å². The molecule has 2 aromatic heterocycles. The summed E-state index contributed by atoms with van der Waals surface area (Å²) in [6.07, 6.45) is 0. The molecule has 0 aliphatic rings. The quantitative estimate of drug-likeness (QED) is 0.372. The number of nitrogen functional groups attached to an aromatic ring is 1. The number of halogens is 1. The van der Waals surface area contributed by atoms with E-state index in [1.54, 1.807) is 36.3 Å². The van der Waals surface area contributed by atoms with Gasteiger partial charge < -0.3 is 19.8 Å². The lowest BCUT2D eigenvalue weighted by atomic mass is 10.2. The number of ether oxygens (including phenoxy) is 1. The number of methoxy groups -OCH3 is 1. The minimum Gasteiger partial charge on any atom is -0.419 e. The molecule has 2 aromatic carbocycles. The van der Waals surface area contributed by atoms with E-state index in [0.717, 1.165) is 5.56 Å². The zero-order valence-corrected chi connectivity index (χ0v) is 19.2. The molecule has 0 atom stereocenters. The van der Waals surface area contributed by atoms with Crippen molar-refractivity contribution in [3.8, 4) is 11.5 Å². The van der Waals surface area contributed by atoms with E-state index in [-0.39, 0.29) is 30.5 Å². The molecule has 0 saturated carbocycles. The van der Waals surface area contributed by atoms with Gasteiger partial charge in [0.05, 0.1) is 19.7 Å². The number of aromatic amines is 1. The molecule has 3 N–H and O–H groups in total. The predicted octanol–water partition coefficient (Wildman–Crippen LogP) is 2.52. The third kappa shape index (κ3) is 5.19. The number of nitrogens with two attached hydrogens (primary N) is 1. The lowest BCUT2D eigenvalue weighted by Gasteiger charge is -2.24. The van der Waals surface area contributed by atoms with Gasteiger partial charge in [-0.05, 0) is 29.8 Å². The van der Waals surface area contributed by atoms with Crippen molar-refractivity contribution in [2.75, 3.05) is 30.9 Å². The minimum absolute atomic E-state index is 0.0335. The van der Waals surface area contributed by atoms with Gasteiger partial charge in [-0.15, -0.1) is 10.2 Å². The first-order valence-electron chi connectivity index (χ1n) is 10.4. The number of anilines is 2. The van der Waals surface area contributed by atoms with Crippen molar-refractivity contribution in [1.82, 2.24) is 19.7 Å². The Hall–Kier alpha value is -3.89. The van der Waals surface area contributed by atoms with Crippen LogP contribution in [0.3, 0.4) is 0 Å². The number of nitrogens with zero attached hydrogens (tertiary/aromatic N) is 4. The van der Waals surface area contributed by atoms with Crippen LogP contribution in [0.25, 0.3) is 11.5 Å². The number of hydrogen-bond acceptors (Lipinski definition) is 8. The zero-order valence-electron chi connectivity index (χ0n) is 18.4. The van der Waals surface area contributed by atoms with Crippen LogP contribution in [0, 0.1) is 0 Å². The number of hydrogen-bond donors (Lipinski definition) is 2. The summed E-state index contributed by atoms with van der Waals surface area (Å²) in [5, 5.41) is 8.78. The van der Waals surface area contributed by atoms with Crippen LogP contribution in [0.2, 0.25) is 5.02 Å². The van der Waals surface area contributed by atoms with Crippen molar-refractivity contribution < 1.29 is 9.15 Å². The number of benzene rings is 2. The first kappa shape index (κ1) is 23.3. The van der Waals surface area contributed by atoms with Crippen molar-refractivity contribution in [1.29, 1.82) is 0 Å². The molecule has 0 aliphatic carbocycles. The molecule has 0 fully saturated rings. The minimum atomic E-state index is -0.611. The second kappa shape index (κ2) is 10.4. The molecule has 0 unspecified atom stereocenters. The lowest BCUT2D eigenvalue weighted by molar-refractivity contribution is 0.204. The molecule has 10 nitrogen and oxygen atoms in total. The largest absolute Gasteiger partial charge is 0.419 e. The highest BCUT2D eigenvalue weighted by Crippen LogP contribution is 2.23. The second-order valence-corrected chi connectivity index (χ2v) is 7.92. The molecular weight excluding hydrogens is 460 g/mol. The topological polar surface area (TPSA) is 132 Å². The Morgan fingerprint density at radius 3 is 2.56 bits per heavy atom. The predicted molar refractivity (Wildman–Crippen MR) is 129 cm³/mol. The van der Waals surface area contributed by atoms with Gasteiger partial charge in [0.2, 0.25) is 11.8 Å². The van der Waals surface area contributed by atoms with Crippen LogP contribution >= 0.6 is 11.6 Å². The van der Waals surface area contributed by atoms with Gasteiger partial charge in [-0.1, -0.05) is 41.9 Å². The number of aromatic nitrogens is 4. The number of rotatable bonds is 9. The number of H-pyrrole nitrogens is 1. The Morgan fingerprint density at radius 1 is 1.12 bits per heavy atom. The van der Waals surface area contributed by atoms with Crippen molar-refractivity contribution in [3.05, 3.63) is 91.9 Å². The summed E-state index contributed by atoms with van der Waals surface area (Å²) in [4.78, 5) is 29.3. The van der Waals surface area contributed by atoms with E-state index < -0.39 is 11.2 Å². The van der Waals surface area contributed by atoms with E-state index in [1.807, 2.05) is 30.3 Å². The fourth-order valence-electron chi connectivity index (χ4n) is 3.47. The van der Waals surface area contributed by atoms with E-state index in [2.05, 4.69) is 15.2 Å². The van der Waals surface area contributed by atoms with Crippen LogP contribution in [0.15, 0.2) is 68.6 Å². The Kier molecular flexibility index (Phi) is 7.09. The van der Waals surface area contributed by atoms with Crippen molar-refractivity contribution >= 4 is 23.1 Å². The first-order valence-corrected chi connectivity index (χ1v) is 10.8. The van der Waals surface area contributed by atoms with Gasteiger partial charge in [0, 0.05) is 24.2 Å². The molecule has 0 bridgehead atoms. The molecular formula is C23H23ClN6O4. The molecule has 176 valence electrons. The molecule has 0 radical (unpaired) electrons. The summed E-state index contributed by atoms with van der Waals surface area (Å²) in [5.74, 6) is 0.612. The fourth-order valence-corrected chi connectivity index (χ4v) is 3.59. The van der Waals surface area contributed by atoms with Gasteiger partial charge in [-0.25, -0.2) is 4.79 Å². The van der Waals surface area contributed by atoms with E-state index in [0.29, 0.717) is 29.6 Å². The summed E-state index contributed by atoms with van der Waals surface area (Å²) in [6, 6.07) is 16.3. The maximum absolute atomic E-state index is 12.8. The zero-order chi connectivity index (χ0) is 24.1. The maximum Gasteiger partial charge on any atom is 0.330 e. The smallest absolute Gasteiger partial charge is 0.330 e. The molecule has 11 heteroatoms. The summed E-state index contributed by atoms with van der Waals surface area (Å²) in [6.45, 7) is 0.885. The van der Waals surface area contributed by atoms with Gasteiger partial charge in [-0.3, -0.25) is 14.3 Å². The number of nitrogens with one attached hydrogen (secondary N) is 1. The molecule has 4 rings (SSSR count). The average Bonchev–Trinajstić information content (AvgIpc) is 3.29. The van der Waals surface area contributed by atoms with Crippen LogP contribution in [-0.4, -0.2) is 40.0 Å². The highest BCUT2D eigenvalue weighted by molar-refractivity contribution is 6.30. The molecule has 0 amide bonds. The third-order valence-corrected chi connectivity index (χ3v) is 5.42. The lowest BCUT2D eigenvalue weighted by Crippen LogP contribution is -2.39. The Bertz CT molecular complexity index is 1360. The van der Waals surface area contributed by atoms with Crippen LogP contribution in [0.5, 0.6) is 0 Å². The van der Waals surface area contributed by atoms with E-state index >= 15 is 0 Å². The molecule has 4 aromatic rings. The van der Waals surface area contributed by atoms with Crippen molar-refractivity contribution in [3.63, 3.8) is 0 Å². The summed E-state index contributed by atoms with van der Waals surface area (Å²) < 4.78 is 12.3. The fraction of sp³-hybridized carbons (Fsp3) is 0.217. The highest BCUT2D eigenvalue weighted by atomic mass is 35.5. The molecule has 0 aliphatic heterocycles. The van der Waals surface area contributed by atoms with Crippen molar-refractivity contribution in [2.24, 2.45) is 0 Å². The molecule has 0 spiro atoms. The Balaban J connectivity index is 1.67. The highest BCUT2D eigenvalue weighted by Gasteiger charge is 2.21. The normalized spacial score (nSPS) is 11.0. The Labute approximate surface area is 199 Å². The van der Waals surface area contributed by atoms with Crippen LogP contribution in [0.1, 0.15) is 11.5 Å². The SMILES string of the molecule is COCCN(Cc1nnc(-c2ccc(Cl)cc2)o1)c1c(N)n(Cc2ccccc2)c(=O)[nH]c1=O. The molecule has 2 heterocycles. The van der Waals surface area contributed by atoms with Gasteiger partial charge in [-0.2, -0.15) is 0 Å². The van der Waals surface area contributed by atoms with Crippen LogP contribution in [0.4, 0.5) is 11.5 Å². The van der Waals surface area contributed by atoms with Gasteiger partial charge in [0.1, 0.15) is 11.5 Å². The summed E-state index contributed by atoms with van der Waals surface area (Å²) >= 11 is 5.94. The average molecular weight is 483 g/mol. The maximum atomic E-state index is 12.8. The van der Waals surface area contributed by atoms with Gasteiger partial charge in [0.15, 0.2) is 0 Å². The van der Waals surface area contributed by atoms with Crippen molar-refractivity contribution in [2.45, 2.75) is 13.1 Å². The Morgan fingerprint density at radius 2 is 1.85 bits per heavy atom. The first-order chi connectivity index (χ1) is 16.5. The summed E-state index contributed by atoms with van der Waals surface area (Å²) in [5.41, 5.74) is 6.84. The standard InChI is InChI=1S/C23H23ClN6O4/c1-33-12-11-29(14-18-27-28-22(34-18)16-7-9-17(24)10-8-16)19-20(25)30(23(32)26-21(19)31)13-15-5-3-2-4-6-15/h2-10H,11-14,25H2,1H3,(H,26,31,32). The molecule has 0 saturated heterocycles. The van der Waals surface area contributed by atoms with E-state index in [9.17, 15) is 9.59 Å². The summed E-state index contributed by atoms with van der Waals surface area (Å²) in [7, 11) is 1.55. The second-order valence-electron chi connectivity index (χ2n) is 7.49. The van der Waals surface area contributed by atoms with Crippen LogP contribution < -0.4 is 21.9 Å². The van der Waals surface area contributed by atoms with Gasteiger partial charge in [0.25, 0.3) is 5.56 Å². The van der Waals surface area contributed by atoms with E-state index in [1.165, 1.54) is 4.57 Å². The van der Waals surface area contributed by atoms with E-state index in [4.69, 9.17) is 26.5 Å². The monoisotopic (exact) mass is 482 g/mol.